The van der Waals surface area contributed by atoms with Gasteiger partial charge in [-0.1, -0.05) is 29.3 Å². The summed E-state index contributed by atoms with van der Waals surface area (Å²) in [6, 6.07) is 8.44. The topological polar surface area (TPSA) is 105 Å². The van der Waals surface area contributed by atoms with E-state index in [2.05, 4.69) is 15.5 Å². The van der Waals surface area contributed by atoms with E-state index in [1.54, 1.807) is 6.92 Å². The summed E-state index contributed by atoms with van der Waals surface area (Å²) in [5.74, 6) is -1.49. The van der Waals surface area contributed by atoms with Gasteiger partial charge in [-0.05, 0) is 55.3 Å². The van der Waals surface area contributed by atoms with E-state index in [4.69, 9.17) is 32.7 Å². The molecule has 3 rings (SSSR count). The Bertz CT molecular complexity index is 1400. The van der Waals surface area contributed by atoms with Crippen molar-refractivity contribution in [2.24, 2.45) is 0 Å². The lowest BCUT2D eigenvalue weighted by atomic mass is 10.1. The number of rotatable bonds is 5. The Morgan fingerprint density at radius 1 is 1.12 bits per heavy atom. The summed E-state index contributed by atoms with van der Waals surface area (Å²) in [6.45, 7) is 2.72. The molecule has 2 aromatic carbocycles. The van der Waals surface area contributed by atoms with Crippen molar-refractivity contribution >= 4 is 44.5 Å². The van der Waals surface area contributed by atoms with Gasteiger partial charge < -0.3 is 10.1 Å². The molecule has 0 bridgehead atoms. The molecular weight excluding hydrogens is 516 g/mol. The van der Waals surface area contributed by atoms with Crippen LogP contribution in [0.25, 0.3) is 0 Å². The van der Waals surface area contributed by atoms with Crippen LogP contribution in [-0.4, -0.2) is 26.6 Å². The van der Waals surface area contributed by atoms with Crippen LogP contribution < -0.4 is 10.1 Å². The lowest BCUT2D eigenvalue weighted by Crippen LogP contribution is -2.21. The van der Waals surface area contributed by atoms with E-state index in [1.165, 1.54) is 42.7 Å². The lowest BCUT2D eigenvalue weighted by molar-refractivity contribution is -0.142. The van der Waals surface area contributed by atoms with Crippen LogP contribution in [0.1, 0.15) is 27.2 Å². The molecule has 3 aromatic rings. The fourth-order valence-electron chi connectivity index (χ4n) is 2.93. The highest BCUT2D eigenvalue weighted by molar-refractivity contribution is 7.91. The minimum absolute atomic E-state index is 0.00741. The Labute approximate surface area is 203 Å². The molecule has 2 N–H and O–H groups in total. The molecule has 1 aromatic heterocycles. The normalized spacial score (nSPS) is 13.3. The molecule has 7 nitrogen and oxygen atoms in total. The highest BCUT2D eigenvalue weighted by atomic mass is 35.5. The molecule has 1 unspecified atom stereocenters. The highest BCUT2D eigenvalue weighted by Gasteiger charge is 2.38. The van der Waals surface area contributed by atoms with E-state index < -0.39 is 44.5 Å². The number of carbonyl (C=O) groups excluding carboxylic acids is 1. The Balaban J connectivity index is 2.10. The third kappa shape index (κ3) is 5.60. The second-order valence-electron chi connectivity index (χ2n) is 7.31. The largest absolute Gasteiger partial charge is 0.435 e. The van der Waals surface area contributed by atoms with E-state index in [1.807, 2.05) is 0 Å². The quantitative estimate of drug-likeness (QED) is 0.390. The summed E-state index contributed by atoms with van der Waals surface area (Å²) in [6.07, 6.45) is -3.68. The first kappa shape index (κ1) is 25.7. The Morgan fingerprint density at radius 2 is 1.79 bits per heavy atom. The second-order valence-corrected chi connectivity index (χ2v) is 10.3. The average Bonchev–Trinajstić information content (AvgIpc) is 2.70. The average molecular weight is 533 g/mol. The molecule has 0 aliphatic carbocycles. The molecule has 13 heteroatoms. The minimum atomic E-state index is -4.88. The van der Waals surface area contributed by atoms with Gasteiger partial charge in [-0.15, -0.1) is 10.2 Å². The molecule has 0 aliphatic heterocycles. The van der Waals surface area contributed by atoms with Gasteiger partial charge in [0, 0.05) is 21.9 Å². The molecular formula is C21H17Cl2F3N4O3S. The summed E-state index contributed by atoms with van der Waals surface area (Å²) >= 11 is 12.1. The molecule has 1 atom stereocenters. The van der Waals surface area contributed by atoms with Crippen LogP contribution in [0, 0.1) is 18.6 Å². The van der Waals surface area contributed by atoms with Crippen LogP contribution in [-0.2, 0) is 15.9 Å². The van der Waals surface area contributed by atoms with Crippen molar-refractivity contribution in [1.82, 2.24) is 10.2 Å². The van der Waals surface area contributed by atoms with Gasteiger partial charge in [0.15, 0.2) is 5.69 Å². The van der Waals surface area contributed by atoms with E-state index in [-0.39, 0.29) is 21.4 Å². The SMILES string of the molecule is Cc1cc(Oc2nnc(C(F)(F)F)c(C)c2C(=O)Nc2cccc(S(C)(=N)=O)c2)c(Cl)cc1Cl. The number of halogens is 5. The zero-order valence-corrected chi connectivity index (χ0v) is 20.2. The first-order valence-corrected chi connectivity index (χ1v) is 12.1. The van der Waals surface area contributed by atoms with Gasteiger partial charge in [-0.3, -0.25) is 4.79 Å². The van der Waals surface area contributed by atoms with Crippen LogP contribution >= 0.6 is 23.2 Å². The van der Waals surface area contributed by atoms with Crippen molar-refractivity contribution in [3.63, 3.8) is 0 Å². The van der Waals surface area contributed by atoms with Crippen molar-refractivity contribution in [1.29, 1.82) is 4.78 Å². The van der Waals surface area contributed by atoms with Gasteiger partial charge in [0.2, 0.25) is 0 Å². The van der Waals surface area contributed by atoms with E-state index >= 15 is 0 Å². The number of nitrogens with zero attached hydrogens (tertiary/aromatic N) is 2. The summed E-state index contributed by atoms with van der Waals surface area (Å²) in [5.41, 5.74) is -1.73. The van der Waals surface area contributed by atoms with Crippen LogP contribution in [0.5, 0.6) is 11.6 Å². The number of alkyl halides is 3. The van der Waals surface area contributed by atoms with Crippen molar-refractivity contribution in [3.05, 3.63) is 68.8 Å². The molecule has 0 spiro atoms. The zero-order chi connectivity index (χ0) is 25.4. The maximum atomic E-state index is 13.5. The molecule has 1 heterocycles. The van der Waals surface area contributed by atoms with Crippen LogP contribution in [0.15, 0.2) is 41.3 Å². The fraction of sp³-hybridized carbons (Fsp3) is 0.190. The standard InChI is InChI=1S/C21H17Cl2F3N4O3S/c1-10-7-16(15(23)9-14(10)22)33-20-17(11(2)18(29-30-20)21(24,25)26)19(31)28-12-5-4-6-13(8-12)34(3,27)32/h4-9,27H,1-3H3,(H,28,31). The number of anilines is 1. The second kappa shape index (κ2) is 9.40. The Hall–Kier alpha value is -2.89. The molecule has 0 radical (unpaired) electrons. The Morgan fingerprint density at radius 3 is 2.41 bits per heavy atom. The third-order valence-corrected chi connectivity index (χ3v) is 6.50. The fourth-order valence-corrected chi connectivity index (χ4v) is 4.04. The third-order valence-electron chi connectivity index (χ3n) is 4.64. The predicted molar refractivity (Wildman–Crippen MR) is 122 cm³/mol. The van der Waals surface area contributed by atoms with Gasteiger partial charge in [0.25, 0.3) is 11.8 Å². The number of aryl methyl sites for hydroxylation is 1. The first-order chi connectivity index (χ1) is 15.7. The summed E-state index contributed by atoms with van der Waals surface area (Å²) in [7, 11) is -3.09. The highest BCUT2D eigenvalue weighted by Crippen LogP contribution is 2.38. The summed E-state index contributed by atoms with van der Waals surface area (Å²) < 4.78 is 65.7. The molecule has 0 fully saturated rings. The number of carbonyl (C=O) groups is 1. The summed E-state index contributed by atoms with van der Waals surface area (Å²) in [4.78, 5) is 13.2. The van der Waals surface area contributed by atoms with Crippen LogP contribution in [0.4, 0.5) is 18.9 Å². The van der Waals surface area contributed by atoms with Gasteiger partial charge in [0.1, 0.15) is 11.3 Å². The van der Waals surface area contributed by atoms with Crippen molar-refractivity contribution in [3.8, 4) is 11.6 Å². The molecule has 34 heavy (non-hydrogen) atoms. The maximum absolute atomic E-state index is 13.5. The van der Waals surface area contributed by atoms with Crippen molar-refractivity contribution < 1.29 is 26.9 Å². The van der Waals surface area contributed by atoms with E-state index in [9.17, 15) is 22.2 Å². The number of ether oxygens (including phenoxy) is 1. The number of hydrogen-bond donors (Lipinski definition) is 2. The van der Waals surface area contributed by atoms with E-state index in [0.29, 0.717) is 10.6 Å². The van der Waals surface area contributed by atoms with Crippen molar-refractivity contribution in [2.75, 3.05) is 11.6 Å². The van der Waals surface area contributed by atoms with E-state index in [0.717, 1.165) is 6.92 Å². The summed E-state index contributed by atoms with van der Waals surface area (Å²) in [5, 5.41) is 9.51. The number of hydrogen-bond acceptors (Lipinski definition) is 6. The van der Waals surface area contributed by atoms with Gasteiger partial charge in [0.05, 0.1) is 14.8 Å². The molecule has 0 saturated heterocycles. The van der Waals surface area contributed by atoms with Gasteiger partial charge in [-0.2, -0.15) is 13.2 Å². The maximum Gasteiger partial charge on any atom is 0.435 e. The molecule has 1 amide bonds. The van der Waals surface area contributed by atoms with Crippen LogP contribution in [0.2, 0.25) is 10.0 Å². The number of amides is 1. The Kier molecular flexibility index (Phi) is 7.11. The predicted octanol–water partition coefficient (Wildman–Crippen LogP) is 6.50. The zero-order valence-electron chi connectivity index (χ0n) is 17.9. The smallest absolute Gasteiger partial charge is 0.435 e. The van der Waals surface area contributed by atoms with Gasteiger partial charge >= 0.3 is 6.18 Å². The first-order valence-electron chi connectivity index (χ1n) is 9.41. The number of aromatic nitrogens is 2. The minimum Gasteiger partial charge on any atom is -0.435 e. The number of benzene rings is 2. The van der Waals surface area contributed by atoms with Crippen molar-refractivity contribution in [2.45, 2.75) is 24.9 Å². The van der Waals surface area contributed by atoms with Crippen LogP contribution in [0.3, 0.4) is 0 Å². The molecule has 0 aliphatic rings. The molecule has 180 valence electrons. The number of nitrogens with one attached hydrogen (secondary N) is 2. The monoisotopic (exact) mass is 532 g/mol. The molecule has 0 saturated carbocycles. The van der Waals surface area contributed by atoms with Gasteiger partial charge in [-0.25, -0.2) is 8.99 Å². The lowest BCUT2D eigenvalue weighted by Gasteiger charge is -2.17.